The second-order valence-electron chi connectivity index (χ2n) is 7.89. The number of benzene rings is 2. The number of hydrogen-bond donors (Lipinski definition) is 1. The molecule has 0 aliphatic carbocycles. The topological polar surface area (TPSA) is 75.7 Å². The lowest BCUT2D eigenvalue weighted by atomic mass is 10.1. The molecule has 2 aromatic carbocycles. The van der Waals surface area contributed by atoms with E-state index in [1.54, 1.807) is 12.1 Å². The zero-order valence-corrected chi connectivity index (χ0v) is 19.3. The molecule has 0 bridgehead atoms. The van der Waals surface area contributed by atoms with E-state index in [2.05, 4.69) is 5.32 Å². The highest BCUT2D eigenvalue weighted by Crippen LogP contribution is 2.32. The molecule has 8 heteroatoms. The molecule has 0 atom stereocenters. The lowest BCUT2D eigenvalue weighted by Gasteiger charge is -2.26. The fourth-order valence-corrected chi connectivity index (χ4v) is 6.21. The van der Waals surface area contributed by atoms with Gasteiger partial charge in [0.1, 0.15) is 5.75 Å². The largest absolute Gasteiger partial charge is 0.489 e. The van der Waals surface area contributed by atoms with E-state index in [1.807, 2.05) is 43.5 Å². The highest BCUT2D eigenvalue weighted by atomic mass is 32.2. The molecule has 1 aromatic heterocycles. The molecule has 2 heterocycles. The van der Waals surface area contributed by atoms with E-state index in [4.69, 9.17) is 4.74 Å². The zero-order valence-electron chi connectivity index (χ0n) is 17.6. The van der Waals surface area contributed by atoms with Gasteiger partial charge in [0.15, 0.2) is 0 Å². The maximum atomic E-state index is 13.1. The first kappa shape index (κ1) is 21.8. The molecule has 1 saturated heterocycles. The van der Waals surface area contributed by atoms with Crippen LogP contribution in [0.2, 0.25) is 0 Å². The average molecular weight is 459 g/mol. The van der Waals surface area contributed by atoms with Crippen LogP contribution in [-0.2, 0) is 10.0 Å². The fraction of sp³-hybridized carbons (Fsp3) is 0.348. The van der Waals surface area contributed by atoms with Crippen LogP contribution in [0, 0.1) is 0 Å². The molecule has 1 amide bonds. The Balaban J connectivity index is 1.68. The normalized spacial score (nSPS) is 15.3. The Morgan fingerprint density at radius 2 is 1.84 bits per heavy atom. The number of fused-ring (bicyclic) bond motifs is 1. The van der Waals surface area contributed by atoms with Gasteiger partial charge in [-0.3, -0.25) is 4.79 Å². The number of anilines is 1. The minimum absolute atomic E-state index is 0.123. The summed E-state index contributed by atoms with van der Waals surface area (Å²) in [5.74, 6) is 0.152. The average Bonchev–Trinajstić information content (AvgIpc) is 3.19. The van der Waals surface area contributed by atoms with Gasteiger partial charge in [0, 0.05) is 28.6 Å². The van der Waals surface area contributed by atoms with Crippen molar-refractivity contribution >= 4 is 43.0 Å². The first-order valence-electron chi connectivity index (χ1n) is 10.4. The van der Waals surface area contributed by atoms with Crippen molar-refractivity contribution in [1.29, 1.82) is 0 Å². The summed E-state index contributed by atoms with van der Waals surface area (Å²) < 4.78 is 34.7. The van der Waals surface area contributed by atoms with Crippen molar-refractivity contribution in [3.63, 3.8) is 0 Å². The van der Waals surface area contributed by atoms with E-state index >= 15 is 0 Å². The number of nitrogens with one attached hydrogen (secondary N) is 1. The van der Waals surface area contributed by atoms with Crippen LogP contribution in [0.1, 0.15) is 43.5 Å². The summed E-state index contributed by atoms with van der Waals surface area (Å²) in [5, 5.41) is 5.57. The molecular formula is C23H26N2O4S2. The van der Waals surface area contributed by atoms with E-state index in [0.717, 1.165) is 29.3 Å². The summed E-state index contributed by atoms with van der Waals surface area (Å²) in [6.45, 7) is 4.82. The van der Waals surface area contributed by atoms with Crippen LogP contribution >= 0.6 is 11.3 Å². The zero-order chi connectivity index (χ0) is 22.0. The highest BCUT2D eigenvalue weighted by Gasteiger charge is 2.27. The van der Waals surface area contributed by atoms with Crippen LogP contribution in [0.25, 0.3) is 10.1 Å². The van der Waals surface area contributed by atoms with Crippen LogP contribution in [0.5, 0.6) is 5.75 Å². The second-order valence-corrected chi connectivity index (χ2v) is 10.7. The van der Waals surface area contributed by atoms with E-state index < -0.39 is 10.0 Å². The third-order valence-corrected chi connectivity index (χ3v) is 8.10. The third kappa shape index (κ3) is 4.61. The Hall–Kier alpha value is -2.42. The monoisotopic (exact) mass is 458 g/mol. The van der Waals surface area contributed by atoms with Crippen molar-refractivity contribution in [3.8, 4) is 5.75 Å². The first-order chi connectivity index (χ1) is 14.9. The fourth-order valence-electron chi connectivity index (χ4n) is 3.72. The number of rotatable bonds is 6. The number of piperidine rings is 1. The number of thiophene rings is 1. The summed E-state index contributed by atoms with van der Waals surface area (Å²) in [5.41, 5.74) is 0.910. The molecule has 1 fully saturated rings. The molecule has 1 aliphatic rings. The standard InChI is InChI=1S/C23H26N2O4S2/c1-16(2)29-21-11-10-17(31(27,28)25-12-6-3-7-13-25)14-20(21)24-23(26)19-15-30-22-9-5-4-8-18(19)22/h4-5,8-11,14-16H,3,6-7,12-13H2,1-2H3,(H,24,26). The maximum Gasteiger partial charge on any atom is 0.257 e. The molecule has 0 spiro atoms. The number of amides is 1. The van der Waals surface area contributed by atoms with Gasteiger partial charge in [0.25, 0.3) is 5.91 Å². The SMILES string of the molecule is CC(C)Oc1ccc(S(=O)(=O)N2CCCCC2)cc1NC(=O)c1csc2ccccc12. The van der Waals surface area contributed by atoms with E-state index in [1.165, 1.54) is 21.7 Å². The van der Waals surface area contributed by atoms with Crippen LogP contribution in [-0.4, -0.2) is 37.8 Å². The third-order valence-electron chi connectivity index (χ3n) is 5.24. The van der Waals surface area contributed by atoms with Gasteiger partial charge in [0.05, 0.1) is 22.3 Å². The molecule has 1 N–H and O–H groups in total. The number of hydrogen-bond acceptors (Lipinski definition) is 5. The number of ether oxygens (including phenoxy) is 1. The van der Waals surface area contributed by atoms with E-state index in [0.29, 0.717) is 30.1 Å². The lowest BCUT2D eigenvalue weighted by molar-refractivity contribution is 0.102. The van der Waals surface area contributed by atoms with Gasteiger partial charge in [-0.25, -0.2) is 8.42 Å². The van der Waals surface area contributed by atoms with Crippen LogP contribution in [0.3, 0.4) is 0 Å². The van der Waals surface area contributed by atoms with Gasteiger partial charge < -0.3 is 10.1 Å². The summed E-state index contributed by atoms with van der Waals surface area (Å²) in [4.78, 5) is 13.2. The Morgan fingerprint density at radius 3 is 2.58 bits per heavy atom. The van der Waals surface area contributed by atoms with E-state index in [9.17, 15) is 13.2 Å². The molecule has 6 nitrogen and oxygen atoms in total. The first-order valence-corrected chi connectivity index (χ1v) is 12.8. The Labute approximate surface area is 186 Å². The summed E-state index contributed by atoms with van der Waals surface area (Å²) in [6.07, 6.45) is 2.65. The predicted molar refractivity (Wildman–Crippen MR) is 125 cm³/mol. The summed E-state index contributed by atoms with van der Waals surface area (Å²) in [6, 6.07) is 12.4. The second kappa shape index (κ2) is 8.98. The number of carbonyl (C=O) groups is 1. The van der Waals surface area contributed by atoms with Gasteiger partial charge in [-0.05, 0) is 51.0 Å². The van der Waals surface area contributed by atoms with Crippen LogP contribution in [0.4, 0.5) is 5.69 Å². The van der Waals surface area contributed by atoms with Gasteiger partial charge in [-0.2, -0.15) is 4.31 Å². The summed E-state index contributed by atoms with van der Waals surface area (Å²) >= 11 is 1.50. The Morgan fingerprint density at radius 1 is 1.10 bits per heavy atom. The minimum atomic E-state index is -3.63. The quantitative estimate of drug-likeness (QED) is 0.557. The minimum Gasteiger partial charge on any atom is -0.489 e. The summed E-state index contributed by atoms with van der Waals surface area (Å²) in [7, 11) is -3.63. The molecule has 3 aromatic rings. The molecule has 0 unspecified atom stereocenters. The Bertz CT molecular complexity index is 1200. The number of sulfonamides is 1. The Kier molecular flexibility index (Phi) is 6.31. The predicted octanol–water partition coefficient (Wildman–Crippen LogP) is 5.12. The van der Waals surface area contributed by atoms with Crippen LogP contribution in [0.15, 0.2) is 52.7 Å². The molecule has 4 rings (SSSR count). The van der Waals surface area contributed by atoms with Gasteiger partial charge >= 0.3 is 0 Å². The number of carbonyl (C=O) groups excluding carboxylic acids is 1. The van der Waals surface area contributed by atoms with Gasteiger partial charge in [-0.1, -0.05) is 24.6 Å². The van der Waals surface area contributed by atoms with Crippen molar-refractivity contribution < 1.29 is 17.9 Å². The molecule has 31 heavy (non-hydrogen) atoms. The molecule has 1 aliphatic heterocycles. The smallest absolute Gasteiger partial charge is 0.257 e. The van der Waals surface area contributed by atoms with Crippen molar-refractivity contribution in [2.24, 2.45) is 0 Å². The lowest BCUT2D eigenvalue weighted by Crippen LogP contribution is -2.35. The highest BCUT2D eigenvalue weighted by molar-refractivity contribution is 7.89. The van der Waals surface area contributed by atoms with Crippen LogP contribution < -0.4 is 10.1 Å². The van der Waals surface area contributed by atoms with Crippen molar-refractivity contribution in [1.82, 2.24) is 4.31 Å². The number of nitrogens with zero attached hydrogens (tertiary/aromatic N) is 1. The molecule has 0 radical (unpaired) electrons. The van der Waals surface area contributed by atoms with E-state index in [-0.39, 0.29) is 16.9 Å². The van der Waals surface area contributed by atoms with Gasteiger partial charge in [0.2, 0.25) is 10.0 Å². The van der Waals surface area contributed by atoms with Crippen molar-refractivity contribution in [2.75, 3.05) is 18.4 Å². The molecule has 164 valence electrons. The maximum absolute atomic E-state index is 13.1. The van der Waals surface area contributed by atoms with Crippen molar-refractivity contribution in [2.45, 2.75) is 44.1 Å². The molecule has 0 saturated carbocycles. The van der Waals surface area contributed by atoms with Gasteiger partial charge in [-0.15, -0.1) is 11.3 Å². The van der Waals surface area contributed by atoms with Crippen molar-refractivity contribution in [3.05, 3.63) is 53.4 Å². The molecular weight excluding hydrogens is 432 g/mol.